The highest BCUT2D eigenvalue weighted by Gasteiger charge is 2.18. The van der Waals surface area contributed by atoms with Gasteiger partial charge in [-0.2, -0.15) is 0 Å². The van der Waals surface area contributed by atoms with Gasteiger partial charge in [0.25, 0.3) is 0 Å². The van der Waals surface area contributed by atoms with Crippen LogP contribution in [0.4, 0.5) is 4.39 Å². The third-order valence-electron chi connectivity index (χ3n) is 4.32. The van der Waals surface area contributed by atoms with Crippen molar-refractivity contribution in [3.63, 3.8) is 0 Å². The predicted octanol–water partition coefficient (Wildman–Crippen LogP) is 3.63. The van der Waals surface area contributed by atoms with E-state index in [-0.39, 0.29) is 11.7 Å². The quantitative estimate of drug-likeness (QED) is 0.773. The van der Waals surface area contributed by atoms with Crippen LogP contribution < -0.4 is 4.74 Å². The standard InChI is InChI=1S/C20H23FN2O2S/c1-22-10-12-23(13-11-22)20(24)15-26-14-16-2-6-18(7-3-16)25-19-8-4-17(21)5-9-19/h2-9H,10-15H2,1H3. The maximum absolute atomic E-state index is 12.9. The van der Waals surface area contributed by atoms with Crippen LogP contribution >= 0.6 is 11.8 Å². The Balaban J connectivity index is 1.42. The molecule has 0 saturated carbocycles. The van der Waals surface area contributed by atoms with Gasteiger partial charge in [0.05, 0.1) is 5.75 Å². The second kappa shape index (κ2) is 9.05. The first kappa shape index (κ1) is 18.7. The Kier molecular flexibility index (Phi) is 6.52. The first-order chi connectivity index (χ1) is 12.6. The molecule has 0 aromatic heterocycles. The number of benzene rings is 2. The number of hydrogen-bond acceptors (Lipinski definition) is 4. The van der Waals surface area contributed by atoms with E-state index in [1.807, 2.05) is 29.2 Å². The van der Waals surface area contributed by atoms with E-state index >= 15 is 0 Å². The fraction of sp³-hybridized carbons (Fsp3) is 0.350. The molecule has 1 saturated heterocycles. The van der Waals surface area contributed by atoms with Gasteiger partial charge in [-0.1, -0.05) is 12.1 Å². The van der Waals surface area contributed by atoms with Crippen molar-refractivity contribution in [2.75, 3.05) is 39.0 Å². The number of rotatable bonds is 6. The molecule has 6 heteroatoms. The molecule has 0 unspecified atom stereocenters. The average molecular weight is 374 g/mol. The fourth-order valence-electron chi connectivity index (χ4n) is 2.70. The molecule has 0 aliphatic carbocycles. The van der Waals surface area contributed by atoms with E-state index < -0.39 is 0 Å². The van der Waals surface area contributed by atoms with Gasteiger partial charge >= 0.3 is 0 Å². The summed E-state index contributed by atoms with van der Waals surface area (Å²) >= 11 is 1.63. The number of ether oxygens (including phenoxy) is 1. The normalized spacial score (nSPS) is 15.1. The average Bonchev–Trinajstić information content (AvgIpc) is 2.65. The molecule has 0 bridgehead atoms. The van der Waals surface area contributed by atoms with E-state index in [9.17, 15) is 9.18 Å². The minimum absolute atomic E-state index is 0.222. The lowest BCUT2D eigenvalue weighted by molar-refractivity contribution is -0.129. The smallest absolute Gasteiger partial charge is 0.232 e. The maximum Gasteiger partial charge on any atom is 0.232 e. The Labute approximate surface area is 157 Å². The molecule has 0 N–H and O–H groups in total. The summed E-state index contributed by atoms with van der Waals surface area (Å²) in [5, 5.41) is 0. The van der Waals surface area contributed by atoms with E-state index in [0.29, 0.717) is 17.3 Å². The summed E-state index contributed by atoms with van der Waals surface area (Å²) in [5.41, 5.74) is 1.15. The minimum atomic E-state index is -0.282. The van der Waals surface area contributed by atoms with Crippen molar-refractivity contribution in [2.45, 2.75) is 5.75 Å². The van der Waals surface area contributed by atoms with E-state index in [1.54, 1.807) is 23.9 Å². The molecular weight excluding hydrogens is 351 g/mol. The summed E-state index contributed by atoms with van der Waals surface area (Å²) in [7, 11) is 2.08. The van der Waals surface area contributed by atoms with Crippen LogP contribution in [0.3, 0.4) is 0 Å². The highest BCUT2D eigenvalue weighted by atomic mass is 32.2. The van der Waals surface area contributed by atoms with E-state index in [2.05, 4.69) is 11.9 Å². The molecule has 0 atom stereocenters. The van der Waals surface area contributed by atoms with E-state index in [1.165, 1.54) is 12.1 Å². The molecule has 2 aromatic carbocycles. The summed E-state index contributed by atoms with van der Waals surface area (Å²) in [6, 6.07) is 13.7. The van der Waals surface area contributed by atoms with Gasteiger partial charge < -0.3 is 14.5 Å². The Morgan fingerprint density at radius 3 is 2.19 bits per heavy atom. The molecule has 4 nitrogen and oxygen atoms in total. The Bertz CT molecular complexity index is 714. The highest BCUT2D eigenvalue weighted by Crippen LogP contribution is 2.23. The molecular formula is C20H23FN2O2S. The van der Waals surface area contributed by atoms with Crippen LogP contribution in [-0.4, -0.2) is 54.7 Å². The summed E-state index contributed by atoms with van der Waals surface area (Å²) < 4.78 is 18.6. The van der Waals surface area contributed by atoms with Gasteiger partial charge in [-0.05, 0) is 49.0 Å². The molecule has 1 fully saturated rings. The minimum Gasteiger partial charge on any atom is -0.457 e. The largest absolute Gasteiger partial charge is 0.457 e. The van der Waals surface area contributed by atoms with Gasteiger partial charge in [-0.3, -0.25) is 4.79 Å². The number of halogens is 1. The molecule has 1 aliphatic heterocycles. The zero-order valence-electron chi connectivity index (χ0n) is 14.9. The van der Waals surface area contributed by atoms with Crippen LogP contribution in [0.15, 0.2) is 48.5 Å². The maximum atomic E-state index is 12.9. The van der Waals surface area contributed by atoms with Crippen LogP contribution in [0.5, 0.6) is 11.5 Å². The van der Waals surface area contributed by atoms with Crippen LogP contribution in [0, 0.1) is 5.82 Å². The molecule has 138 valence electrons. The van der Waals surface area contributed by atoms with Crippen molar-refractivity contribution >= 4 is 17.7 Å². The molecule has 1 heterocycles. The Morgan fingerprint density at radius 2 is 1.58 bits per heavy atom. The van der Waals surface area contributed by atoms with E-state index in [4.69, 9.17) is 4.74 Å². The predicted molar refractivity (Wildman–Crippen MR) is 103 cm³/mol. The monoisotopic (exact) mass is 374 g/mol. The zero-order valence-corrected chi connectivity index (χ0v) is 15.7. The molecule has 1 aliphatic rings. The van der Waals surface area contributed by atoms with Crippen molar-refractivity contribution < 1.29 is 13.9 Å². The lowest BCUT2D eigenvalue weighted by atomic mass is 10.2. The topological polar surface area (TPSA) is 32.8 Å². The van der Waals surface area contributed by atoms with Gasteiger partial charge in [0.2, 0.25) is 5.91 Å². The third-order valence-corrected chi connectivity index (χ3v) is 5.31. The molecule has 0 spiro atoms. The third kappa shape index (κ3) is 5.47. The SMILES string of the molecule is CN1CCN(C(=O)CSCc2ccc(Oc3ccc(F)cc3)cc2)CC1. The van der Waals surface area contributed by atoms with Crippen molar-refractivity contribution in [1.82, 2.24) is 9.80 Å². The number of carbonyl (C=O) groups is 1. The van der Waals surface area contributed by atoms with Gasteiger partial charge in [0.15, 0.2) is 0 Å². The Morgan fingerprint density at radius 1 is 1.00 bits per heavy atom. The summed E-state index contributed by atoms with van der Waals surface area (Å²) in [6.07, 6.45) is 0. The lowest BCUT2D eigenvalue weighted by Crippen LogP contribution is -2.47. The van der Waals surface area contributed by atoms with Gasteiger partial charge in [-0.25, -0.2) is 4.39 Å². The van der Waals surface area contributed by atoms with Crippen LogP contribution in [-0.2, 0) is 10.5 Å². The highest BCUT2D eigenvalue weighted by molar-refractivity contribution is 7.99. The first-order valence-electron chi connectivity index (χ1n) is 8.66. The molecule has 0 radical (unpaired) electrons. The molecule has 2 aromatic rings. The van der Waals surface area contributed by atoms with Crippen molar-refractivity contribution in [3.8, 4) is 11.5 Å². The van der Waals surface area contributed by atoms with Crippen LogP contribution in [0.1, 0.15) is 5.56 Å². The van der Waals surface area contributed by atoms with Crippen molar-refractivity contribution in [3.05, 3.63) is 59.9 Å². The number of amides is 1. The number of thioether (sulfide) groups is 1. The zero-order chi connectivity index (χ0) is 18.4. The number of hydrogen-bond donors (Lipinski definition) is 0. The van der Waals surface area contributed by atoms with Crippen molar-refractivity contribution in [2.24, 2.45) is 0 Å². The second-order valence-electron chi connectivity index (χ2n) is 6.38. The van der Waals surface area contributed by atoms with Crippen molar-refractivity contribution in [1.29, 1.82) is 0 Å². The fourth-order valence-corrected chi connectivity index (χ4v) is 3.58. The second-order valence-corrected chi connectivity index (χ2v) is 7.36. The van der Waals surface area contributed by atoms with Gasteiger partial charge in [0.1, 0.15) is 17.3 Å². The Hall–Kier alpha value is -2.05. The summed E-state index contributed by atoms with van der Waals surface area (Å²) in [5.74, 6) is 2.55. The summed E-state index contributed by atoms with van der Waals surface area (Å²) in [6.45, 7) is 3.55. The molecule has 26 heavy (non-hydrogen) atoms. The molecule has 3 rings (SSSR count). The number of likely N-dealkylation sites (N-methyl/N-ethyl adjacent to an activating group) is 1. The molecule has 1 amide bonds. The summed E-state index contributed by atoms with van der Waals surface area (Å²) in [4.78, 5) is 16.4. The van der Waals surface area contributed by atoms with Crippen LogP contribution in [0.2, 0.25) is 0 Å². The number of nitrogens with zero attached hydrogens (tertiary/aromatic N) is 2. The lowest BCUT2D eigenvalue weighted by Gasteiger charge is -2.32. The number of piperazine rings is 1. The van der Waals surface area contributed by atoms with Crippen LogP contribution in [0.25, 0.3) is 0 Å². The van der Waals surface area contributed by atoms with Gasteiger partial charge in [-0.15, -0.1) is 11.8 Å². The van der Waals surface area contributed by atoms with Gasteiger partial charge in [0, 0.05) is 31.9 Å². The van der Waals surface area contributed by atoms with E-state index in [0.717, 1.165) is 37.5 Å². The first-order valence-corrected chi connectivity index (χ1v) is 9.82. The number of carbonyl (C=O) groups excluding carboxylic acids is 1.